The highest BCUT2D eigenvalue weighted by atomic mass is 16.3. The van der Waals surface area contributed by atoms with Crippen LogP contribution >= 0.6 is 0 Å². The number of rotatable bonds is 3. The minimum Gasteiger partial charge on any atom is -0.508 e. The Morgan fingerprint density at radius 3 is 2.79 bits per heavy atom. The predicted octanol–water partition coefficient (Wildman–Crippen LogP) is -0.121. The van der Waals surface area contributed by atoms with Gasteiger partial charge >= 0.3 is 6.03 Å². The second-order valence-corrected chi connectivity index (χ2v) is 6.34. The van der Waals surface area contributed by atoms with Crippen LogP contribution in [-0.2, 0) is 11.3 Å². The second kappa shape index (κ2) is 6.54. The van der Waals surface area contributed by atoms with Gasteiger partial charge in [-0.3, -0.25) is 9.59 Å². The van der Waals surface area contributed by atoms with Gasteiger partial charge in [-0.05, 0) is 25.8 Å². The molecule has 1 atom stereocenters. The van der Waals surface area contributed by atoms with E-state index in [1.165, 1.54) is 10.6 Å². The molecule has 3 rings (SSSR count). The fraction of sp³-hybridized carbons (Fsp3) is 0.562. The Kier molecular flexibility index (Phi) is 4.46. The Bertz CT molecular complexity index is 715. The van der Waals surface area contributed by atoms with Crippen LogP contribution in [-0.4, -0.2) is 63.6 Å². The maximum Gasteiger partial charge on any atom is 0.317 e. The molecular weight excluding hydrogens is 312 g/mol. The highest BCUT2D eigenvalue weighted by molar-refractivity contribution is 5.78. The van der Waals surface area contributed by atoms with Crippen LogP contribution in [0.4, 0.5) is 4.79 Å². The zero-order valence-corrected chi connectivity index (χ0v) is 13.7. The van der Waals surface area contributed by atoms with Crippen molar-refractivity contribution in [3.63, 3.8) is 0 Å². The monoisotopic (exact) mass is 334 g/mol. The summed E-state index contributed by atoms with van der Waals surface area (Å²) < 4.78 is 1.36. The number of aromatic hydroxyl groups is 1. The van der Waals surface area contributed by atoms with E-state index in [-0.39, 0.29) is 30.3 Å². The van der Waals surface area contributed by atoms with E-state index < -0.39 is 5.56 Å². The van der Waals surface area contributed by atoms with Crippen molar-refractivity contribution in [1.29, 1.82) is 0 Å². The molecule has 0 aromatic carbocycles. The molecule has 0 aliphatic carbocycles. The number of nitrogens with one attached hydrogen (secondary N) is 1. The van der Waals surface area contributed by atoms with Crippen molar-refractivity contribution in [3.05, 3.63) is 28.2 Å². The Hall–Kier alpha value is -2.51. The van der Waals surface area contributed by atoms with Crippen LogP contribution in [0.2, 0.25) is 0 Å². The smallest absolute Gasteiger partial charge is 0.317 e. The van der Waals surface area contributed by atoms with Crippen LogP contribution in [0, 0.1) is 6.92 Å². The van der Waals surface area contributed by atoms with E-state index in [0.717, 1.165) is 18.9 Å². The molecule has 3 amide bonds. The molecule has 0 bridgehead atoms. The average molecular weight is 334 g/mol. The lowest BCUT2D eigenvalue weighted by atomic mass is 10.0. The summed E-state index contributed by atoms with van der Waals surface area (Å²) in [6.45, 7) is 4.08. The molecule has 2 fully saturated rings. The number of pyridine rings is 1. The Morgan fingerprint density at radius 2 is 2.12 bits per heavy atom. The van der Waals surface area contributed by atoms with E-state index in [1.54, 1.807) is 16.7 Å². The number of nitrogens with zero attached hydrogens (tertiary/aromatic N) is 3. The van der Waals surface area contributed by atoms with Crippen LogP contribution in [0.1, 0.15) is 18.5 Å². The minimum atomic E-state index is -0.395. The molecule has 1 aromatic rings. The number of piperidine rings is 1. The zero-order valence-electron chi connectivity index (χ0n) is 13.7. The Balaban J connectivity index is 1.69. The van der Waals surface area contributed by atoms with Crippen LogP contribution in [0.3, 0.4) is 0 Å². The average Bonchev–Trinajstić information content (AvgIpc) is 2.97. The van der Waals surface area contributed by atoms with Gasteiger partial charge < -0.3 is 24.8 Å². The molecule has 0 radical (unpaired) electrons. The first-order chi connectivity index (χ1) is 11.5. The number of amides is 3. The van der Waals surface area contributed by atoms with Crippen molar-refractivity contribution < 1.29 is 14.7 Å². The predicted molar refractivity (Wildman–Crippen MR) is 86.8 cm³/mol. The molecule has 2 saturated heterocycles. The fourth-order valence-electron chi connectivity index (χ4n) is 3.42. The summed E-state index contributed by atoms with van der Waals surface area (Å²) in [5, 5.41) is 12.2. The highest BCUT2D eigenvalue weighted by Crippen LogP contribution is 2.18. The molecule has 24 heavy (non-hydrogen) atoms. The molecular formula is C16H22N4O4. The number of carbonyl (C=O) groups is 2. The minimum absolute atomic E-state index is 0.0304. The van der Waals surface area contributed by atoms with Crippen molar-refractivity contribution in [3.8, 4) is 5.75 Å². The first kappa shape index (κ1) is 16.4. The van der Waals surface area contributed by atoms with Crippen LogP contribution in [0.25, 0.3) is 0 Å². The molecule has 8 heteroatoms. The van der Waals surface area contributed by atoms with Crippen molar-refractivity contribution >= 4 is 11.9 Å². The first-order valence-corrected chi connectivity index (χ1v) is 8.18. The summed E-state index contributed by atoms with van der Waals surface area (Å²) in [6.07, 6.45) is 1.72. The molecule has 2 aliphatic rings. The van der Waals surface area contributed by atoms with E-state index in [4.69, 9.17) is 0 Å². The first-order valence-electron chi connectivity index (χ1n) is 8.18. The van der Waals surface area contributed by atoms with Gasteiger partial charge in [0.25, 0.3) is 5.56 Å². The summed E-state index contributed by atoms with van der Waals surface area (Å²) in [5.41, 5.74) is 0.147. The Labute approximate surface area is 139 Å². The summed E-state index contributed by atoms with van der Waals surface area (Å²) in [7, 11) is 0. The molecule has 0 spiro atoms. The van der Waals surface area contributed by atoms with Gasteiger partial charge in [-0.25, -0.2) is 4.79 Å². The third-order valence-corrected chi connectivity index (χ3v) is 4.69. The zero-order chi connectivity index (χ0) is 17.3. The molecule has 130 valence electrons. The van der Waals surface area contributed by atoms with Crippen molar-refractivity contribution in [2.24, 2.45) is 0 Å². The van der Waals surface area contributed by atoms with Crippen molar-refractivity contribution in [2.45, 2.75) is 32.4 Å². The summed E-state index contributed by atoms with van der Waals surface area (Å²) >= 11 is 0. The van der Waals surface area contributed by atoms with Gasteiger partial charge in [0.15, 0.2) is 0 Å². The van der Waals surface area contributed by atoms with E-state index in [1.807, 2.05) is 0 Å². The molecule has 1 aromatic heterocycles. The SMILES string of the molecule is Cc1cc(O)cc(=O)n1CC(=O)N1CCCC(N2CCNC2=O)C1. The van der Waals surface area contributed by atoms with Gasteiger partial charge in [0.05, 0.1) is 6.04 Å². The normalized spacial score (nSPS) is 21.0. The number of aromatic nitrogens is 1. The number of carbonyl (C=O) groups excluding carboxylic acids is 2. The molecule has 1 unspecified atom stereocenters. The third-order valence-electron chi connectivity index (χ3n) is 4.69. The van der Waals surface area contributed by atoms with Gasteiger partial charge in [0.2, 0.25) is 5.91 Å². The lowest BCUT2D eigenvalue weighted by Crippen LogP contribution is -2.51. The standard InChI is InChI=1S/C16H22N4O4/c1-11-7-13(21)8-14(22)20(11)10-15(23)18-5-2-3-12(9-18)19-6-4-17-16(19)24/h7-8,12,21H,2-6,9-10H2,1H3,(H,17,24). The van der Waals surface area contributed by atoms with Gasteiger partial charge in [0, 0.05) is 37.9 Å². The van der Waals surface area contributed by atoms with Gasteiger partial charge in [-0.2, -0.15) is 0 Å². The molecule has 3 heterocycles. The quantitative estimate of drug-likeness (QED) is 0.806. The van der Waals surface area contributed by atoms with Crippen molar-refractivity contribution in [1.82, 2.24) is 19.7 Å². The van der Waals surface area contributed by atoms with E-state index in [0.29, 0.717) is 31.9 Å². The lowest BCUT2D eigenvalue weighted by molar-refractivity contribution is -0.133. The topological polar surface area (TPSA) is 94.9 Å². The van der Waals surface area contributed by atoms with E-state index >= 15 is 0 Å². The van der Waals surface area contributed by atoms with Crippen LogP contribution in [0.15, 0.2) is 16.9 Å². The number of hydrogen-bond acceptors (Lipinski definition) is 4. The van der Waals surface area contributed by atoms with Crippen LogP contribution in [0.5, 0.6) is 5.75 Å². The van der Waals surface area contributed by atoms with Gasteiger partial charge in [-0.15, -0.1) is 0 Å². The number of hydrogen-bond donors (Lipinski definition) is 2. The largest absolute Gasteiger partial charge is 0.508 e. The summed E-state index contributed by atoms with van der Waals surface area (Å²) in [6, 6.07) is 2.53. The number of likely N-dealkylation sites (tertiary alicyclic amines) is 1. The molecule has 0 saturated carbocycles. The van der Waals surface area contributed by atoms with E-state index in [2.05, 4.69) is 5.32 Å². The molecule has 2 aliphatic heterocycles. The third kappa shape index (κ3) is 3.22. The maximum atomic E-state index is 12.6. The lowest BCUT2D eigenvalue weighted by Gasteiger charge is -2.37. The number of urea groups is 1. The highest BCUT2D eigenvalue weighted by Gasteiger charge is 2.32. The van der Waals surface area contributed by atoms with Gasteiger partial charge in [-0.1, -0.05) is 0 Å². The van der Waals surface area contributed by atoms with Crippen molar-refractivity contribution in [2.75, 3.05) is 26.2 Å². The van der Waals surface area contributed by atoms with Gasteiger partial charge in [0.1, 0.15) is 12.3 Å². The van der Waals surface area contributed by atoms with E-state index in [9.17, 15) is 19.5 Å². The maximum absolute atomic E-state index is 12.6. The fourth-order valence-corrected chi connectivity index (χ4v) is 3.42. The second-order valence-electron chi connectivity index (χ2n) is 6.34. The Morgan fingerprint density at radius 1 is 1.33 bits per heavy atom. The molecule has 8 nitrogen and oxygen atoms in total. The summed E-state index contributed by atoms with van der Waals surface area (Å²) in [5.74, 6) is -0.241. The van der Waals surface area contributed by atoms with Crippen LogP contribution < -0.4 is 10.9 Å². The molecule has 2 N–H and O–H groups in total. The summed E-state index contributed by atoms with van der Waals surface area (Å²) in [4.78, 5) is 39.9. The number of aryl methyl sites for hydroxylation is 1.